The standard InChI is InChI=1S/C23H38O5/c1-6-22(4,20(26)28-23(5)13-8-7-9-14-23)16-21(2,3)19(25)27-18-12-10-11-17(24)15-18/h18H,6-16H2,1-5H3. The zero-order valence-electron chi connectivity index (χ0n) is 18.4. The topological polar surface area (TPSA) is 69.7 Å². The van der Waals surface area contributed by atoms with Gasteiger partial charge < -0.3 is 9.47 Å². The van der Waals surface area contributed by atoms with Crippen molar-refractivity contribution < 1.29 is 23.9 Å². The minimum Gasteiger partial charge on any atom is -0.461 e. The van der Waals surface area contributed by atoms with E-state index in [1.165, 1.54) is 6.42 Å². The summed E-state index contributed by atoms with van der Waals surface area (Å²) in [5, 5.41) is 0. The average Bonchev–Trinajstić information content (AvgIpc) is 2.61. The lowest BCUT2D eigenvalue weighted by molar-refractivity contribution is -0.178. The number of ether oxygens (including phenoxy) is 2. The van der Waals surface area contributed by atoms with Gasteiger partial charge in [-0.3, -0.25) is 14.4 Å². The molecule has 5 nitrogen and oxygen atoms in total. The van der Waals surface area contributed by atoms with Crippen LogP contribution in [0.4, 0.5) is 0 Å². The van der Waals surface area contributed by atoms with Crippen LogP contribution in [0.15, 0.2) is 0 Å². The van der Waals surface area contributed by atoms with E-state index in [9.17, 15) is 14.4 Å². The lowest BCUT2D eigenvalue weighted by Crippen LogP contribution is -2.44. The minimum absolute atomic E-state index is 0.157. The van der Waals surface area contributed by atoms with Crippen LogP contribution in [0.3, 0.4) is 0 Å². The maximum absolute atomic E-state index is 13.1. The Hall–Kier alpha value is -1.39. The van der Waals surface area contributed by atoms with Gasteiger partial charge in [0.15, 0.2) is 0 Å². The predicted molar refractivity (Wildman–Crippen MR) is 108 cm³/mol. The van der Waals surface area contributed by atoms with Gasteiger partial charge in [0, 0.05) is 12.8 Å². The molecule has 0 aliphatic heterocycles. The van der Waals surface area contributed by atoms with Gasteiger partial charge >= 0.3 is 11.9 Å². The molecule has 0 aromatic rings. The van der Waals surface area contributed by atoms with E-state index in [1.54, 1.807) is 0 Å². The molecule has 2 aliphatic rings. The van der Waals surface area contributed by atoms with Gasteiger partial charge in [-0.05, 0) is 79.1 Å². The van der Waals surface area contributed by atoms with Gasteiger partial charge in [-0.2, -0.15) is 0 Å². The van der Waals surface area contributed by atoms with Gasteiger partial charge in [-0.1, -0.05) is 13.3 Å². The van der Waals surface area contributed by atoms with Gasteiger partial charge in [-0.25, -0.2) is 0 Å². The SMILES string of the molecule is CCC(C)(CC(C)(C)C(=O)OC1CCCC(=O)C1)C(=O)OC1(C)CCCCC1. The number of rotatable bonds is 7. The predicted octanol–water partition coefficient (Wildman–Crippen LogP) is 5.14. The van der Waals surface area contributed by atoms with E-state index in [-0.39, 0.29) is 23.8 Å². The lowest BCUT2D eigenvalue weighted by atomic mass is 9.72. The second-order valence-corrected chi connectivity index (χ2v) is 10.0. The van der Waals surface area contributed by atoms with E-state index in [2.05, 4.69) is 0 Å². The molecule has 2 rings (SSSR count). The number of ketones is 1. The largest absolute Gasteiger partial charge is 0.461 e. The number of hydrogen-bond acceptors (Lipinski definition) is 5. The van der Waals surface area contributed by atoms with E-state index in [0.29, 0.717) is 25.7 Å². The van der Waals surface area contributed by atoms with Crippen molar-refractivity contribution in [3.63, 3.8) is 0 Å². The van der Waals surface area contributed by atoms with Crippen LogP contribution in [-0.2, 0) is 23.9 Å². The molecule has 160 valence electrons. The summed E-state index contributed by atoms with van der Waals surface area (Å²) in [6.07, 6.45) is 8.21. The van der Waals surface area contributed by atoms with Gasteiger partial charge in [0.1, 0.15) is 17.5 Å². The van der Waals surface area contributed by atoms with E-state index in [1.807, 2.05) is 34.6 Å². The van der Waals surface area contributed by atoms with Crippen LogP contribution in [0.25, 0.3) is 0 Å². The summed E-state index contributed by atoms with van der Waals surface area (Å²) in [7, 11) is 0. The van der Waals surface area contributed by atoms with E-state index >= 15 is 0 Å². The van der Waals surface area contributed by atoms with Crippen LogP contribution >= 0.6 is 0 Å². The summed E-state index contributed by atoms with van der Waals surface area (Å²) in [6, 6.07) is 0. The molecule has 2 aliphatic carbocycles. The van der Waals surface area contributed by atoms with Crippen molar-refractivity contribution in [1.29, 1.82) is 0 Å². The molecule has 5 heteroatoms. The van der Waals surface area contributed by atoms with Crippen LogP contribution in [0.2, 0.25) is 0 Å². The Morgan fingerprint density at radius 3 is 2.29 bits per heavy atom. The van der Waals surface area contributed by atoms with Gasteiger partial charge in [0.25, 0.3) is 0 Å². The molecule has 2 fully saturated rings. The zero-order valence-corrected chi connectivity index (χ0v) is 18.4. The van der Waals surface area contributed by atoms with Crippen molar-refractivity contribution in [3.05, 3.63) is 0 Å². The molecule has 28 heavy (non-hydrogen) atoms. The number of hydrogen-bond donors (Lipinski definition) is 0. The Balaban J connectivity index is 2.01. The molecule has 0 radical (unpaired) electrons. The highest BCUT2D eigenvalue weighted by Gasteiger charge is 2.45. The fourth-order valence-electron chi connectivity index (χ4n) is 4.53. The molecule has 2 atom stereocenters. The first kappa shape index (κ1) is 22.9. The molecule has 0 spiro atoms. The Morgan fingerprint density at radius 2 is 1.71 bits per heavy atom. The van der Waals surface area contributed by atoms with Gasteiger partial charge in [0.05, 0.1) is 10.8 Å². The lowest BCUT2D eigenvalue weighted by Gasteiger charge is -2.39. The van der Waals surface area contributed by atoms with E-state index in [4.69, 9.17) is 9.47 Å². The van der Waals surface area contributed by atoms with Crippen molar-refractivity contribution in [2.75, 3.05) is 0 Å². The third kappa shape index (κ3) is 5.81. The van der Waals surface area contributed by atoms with Crippen LogP contribution in [0, 0.1) is 10.8 Å². The number of Topliss-reactive ketones (excluding diaryl/α,β-unsaturated/α-hetero) is 1. The van der Waals surface area contributed by atoms with Crippen molar-refractivity contribution in [1.82, 2.24) is 0 Å². The summed E-state index contributed by atoms with van der Waals surface area (Å²) in [5.41, 5.74) is -1.96. The first-order chi connectivity index (χ1) is 13.0. The van der Waals surface area contributed by atoms with Crippen LogP contribution in [0.5, 0.6) is 0 Å². The smallest absolute Gasteiger partial charge is 0.312 e. The molecule has 0 bridgehead atoms. The highest BCUT2D eigenvalue weighted by Crippen LogP contribution is 2.41. The summed E-state index contributed by atoms with van der Waals surface area (Å²) in [4.78, 5) is 37.5. The summed E-state index contributed by atoms with van der Waals surface area (Å²) in [5.74, 6) is -0.388. The zero-order chi connectivity index (χ0) is 21.0. The van der Waals surface area contributed by atoms with Gasteiger partial charge in [-0.15, -0.1) is 0 Å². The first-order valence-electron chi connectivity index (χ1n) is 11.0. The normalized spacial score (nSPS) is 24.9. The summed E-state index contributed by atoms with van der Waals surface area (Å²) in [6.45, 7) is 9.53. The van der Waals surface area contributed by atoms with E-state index in [0.717, 1.165) is 38.5 Å². The molecule has 2 saturated carbocycles. The Labute approximate surface area is 169 Å². The first-order valence-corrected chi connectivity index (χ1v) is 11.0. The minimum atomic E-state index is -0.822. The molecule has 0 saturated heterocycles. The van der Waals surface area contributed by atoms with E-state index < -0.39 is 16.4 Å². The Morgan fingerprint density at radius 1 is 1.07 bits per heavy atom. The highest BCUT2D eigenvalue weighted by molar-refractivity contribution is 5.82. The summed E-state index contributed by atoms with van der Waals surface area (Å²) >= 11 is 0. The third-order valence-electron chi connectivity index (χ3n) is 6.62. The van der Waals surface area contributed by atoms with Crippen molar-refractivity contribution in [2.45, 2.75) is 117 Å². The molecule has 0 N–H and O–H groups in total. The molecule has 0 aromatic heterocycles. The van der Waals surface area contributed by atoms with Crippen molar-refractivity contribution >= 4 is 17.7 Å². The third-order valence-corrected chi connectivity index (χ3v) is 6.62. The second-order valence-electron chi connectivity index (χ2n) is 10.0. The molecule has 0 amide bonds. The number of carbonyl (C=O) groups excluding carboxylic acids is 3. The quantitative estimate of drug-likeness (QED) is 0.559. The molecular formula is C23H38O5. The molecule has 0 aromatic carbocycles. The maximum atomic E-state index is 13.1. The molecular weight excluding hydrogens is 356 g/mol. The van der Waals surface area contributed by atoms with Crippen LogP contribution in [0.1, 0.15) is 105 Å². The molecule has 2 unspecified atom stereocenters. The number of esters is 2. The number of carbonyl (C=O) groups is 3. The van der Waals surface area contributed by atoms with Crippen molar-refractivity contribution in [3.8, 4) is 0 Å². The molecule has 0 heterocycles. The fraction of sp³-hybridized carbons (Fsp3) is 0.870. The average molecular weight is 395 g/mol. The summed E-state index contributed by atoms with van der Waals surface area (Å²) < 4.78 is 11.6. The Bertz CT molecular complexity index is 588. The van der Waals surface area contributed by atoms with Gasteiger partial charge in [0.2, 0.25) is 0 Å². The second kappa shape index (κ2) is 8.96. The van der Waals surface area contributed by atoms with Crippen LogP contribution < -0.4 is 0 Å². The van der Waals surface area contributed by atoms with Crippen LogP contribution in [-0.4, -0.2) is 29.4 Å². The highest BCUT2D eigenvalue weighted by atomic mass is 16.6. The van der Waals surface area contributed by atoms with Crippen molar-refractivity contribution in [2.24, 2.45) is 10.8 Å². The fourth-order valence-corrected chi connectivity index (χ4v) is 4.53. The Kier molecular flexibility index (Phi) is 7.33. The monoisotopic (exact) mass is 394 g/mol. The maximum Gasteiger partial charge on any atom is 0.312 e.